The summed E-state index contributed by atoms with van der Waals surface area (Å²) in [6.45, 7) is 3.90. The van der Waals surface area contributed by atoms with Crippen LogP contribution >= 0.6 is 0 Å². The molecule has 2 rings (SSSR count). The molecule has 0 spiro atoms. The average Bonchev–Trinajstić information content (AvgIpc) is 3.23. The third kappa shape index (κ3) is 3.10. The van der Waals surface area contributed by atoms with Gasteiger partial charge in [0, 0.05) is 17.3 Å². The molecule has 1 saturated carbocycles. The number of amides is 1. The number of hydrogen-bond acceptors (Lipinski definition) is 4. The van der Waals surface area contributed by atoms with E-state index >= 15 is 0 Å². The fourth-order valence-corrected chi connectivity index (χ4v) is 2.14. The highest BCUT2D eigenvalue weighted by Gasteiger charge is 2.35. The van der Waals surface area contributed by atoms with Crippen molar-refractivity contribution < 1.29 is 14.3 Å². The molecular formula is C15H20N2O3. The van der Waals surface area contributed by atoms with Crippen LogP contribution in [0, 0.1) is 6.92 Å². The summed E-state index contributed by atoms with van der Waals surface area (Å²) < 4.78 is 4.93. The van der Waals surface area contributed by atoms with Crippen LogP contribution in [-0.2, 0) is 9.53 Å². The van der Waals surface area contributed by atoms with Crippen molar-refractivity contribution in [3.05, 3.63) is 29.3 Å². The number of ether oxygens (including phenoxy) is 1. The van der Waals surface area contributed by atoms with Crippen molar-refractivity contribution >= 4 is 17.6 Å². The van der Waals surface area contributed by atoms with Gasteiger partial charge in [-0.25, -0.2) is 0 Å². The molecule has 1 aliphatic carbocycles. The lowest BCUT2D eigenvalue weighted by Gasteiger charge is -2.22. The predicted octanol–water partition coefficient (Wildman–Crippen LogP) is 1.74. The lowest BCUT2D eigenvalue weighted by Crippen LogP contribution is -2.38. The summed E-state index contributed by atoms with van der Waals surface area (Å²) in [5, 5.41) is 0. The highest BCUT2D eigenvalue weighted by Crippen LogP contribution is 2.29. The van der Waals surface area contributed by atoms with Crippen LogP contribution in [0.25, 0.3) is 0 Å². The van der Waals surface area contributed by atoms with Crippen LogP contribution in [0.15, 0.2) is 18.2 Å². The molecule has 0 aromatic heterocycles. The SMILES string of the molecule is CCOC(=O)CN(C(=O)c1cccc(N)c1C)C1CC1. The van der Waals surface area contributed by atoms with Crippen molar-refractivity contribution in [3.8, 4) is 0 Å². The molecule has 0 atom stereocenters. The van der Waals surface area contributed by atoms with Gasteiger partial charge in [-0.05, 0) is 44.4 Å². The van der Waals surface area contributed by atoms with E-state index in [1.165, 1.54) is 0 Å². The van der Waals surface area contributed by atoms with Crippen molar-refractivity contribution in [3.63, 3.8) is 0 Å². The minimum atomic E-state index is -0.366. The summed E-state index contributed by atoms with van der Waals surface area (Å²) >= 11 is 0. The van der Waals surface area contributed by atoms with Crippen LogP contribution in [0.5, 0.6) is 0 Å². The quantitative estimate of drug-likeness (QED) is 0.657. The zero-order valence-electron chi connectivity index (χ0n) is 11.9. The van der Waals surface area contributed by atoms with Crippen LogP contribution in [0.1, 0.15) is 35.7 Å². The molecule has 108 valence electrons. The number of anilines is 1. The van der Waals surface area contributed by atoms with Gasteiger partial charge in [0.25, 0.3) is 5.91 Å². The van der Waals surface area contributed by atoms with Gasteiger partial charge in [-0.15, -0.1) is 0 Å². The van der Waals surface area contributed by atoms with Gasteiger partial charge in [0.2, 0.25) is 0 Å². The van der Waals surface area contributed by atoms with E-state index < -0.39 is 0 Å². The molecule has 1 fully saturated rings. The average molecular weight is 276 g/mol. The lowest BCUT2D eigenvalue weighted by atomic mass is 10.1. The first-order valence-electron chi connectivity index (χ1n) is 6.86. The summed E-state index contributed by atoms with van der Waals surface area (Å²) in [6, 6.07) is 5.41. The number of nitrogens with two attached hydrogens (primary N) is 1. The Hall–Kier alpha value is -2.04. The molecule has 2 N–H and O–H groups in total. The van der Waals surface area contributed by atoms with Crippen LogP contribution in [-0.4, -0.2) is 36.0 Å². The fraction of sp³-hybridized carbons (Fsp3) is 0.467. The number of carbonyl (C=O) groups is 2. The first kappa shape index (κ1) is 14.4. The maximum absolute atomic E-state index is 12.6. The molecule has 20 heavy (non-hydrogen) atoms. The third-order valence-corrected chi connectivity index (χ3v) is 3.46. The van der Waals surface area contributed by atoms with Gasteiger partial charge in [-0.1, -0.05) is 6.07 Å². The van der Waals surface area contributed by atoms with Crippen molar-refractivity contribution in [2.45, 2.75) is 32.7 Å². The summed E-state index contributed by atoms with van der Waals surface area (Å²) in [6.07, 6.45) is 1.87. The van der Waals surface area contributed by atoms with Crippen LogP contribution < -0.4 is 5.73 Å². The number of hydrogen-bond donors (Lipinski definition) is 1. The fourth-order valence-electron chi connectivity index (χ4n) is 2.14. The Morgan fingerprint density at radius 1 is 1.40 bits per heavy atom. The largest absolute Gasteiger partial charge is 0.465 e. The van der Waals surface area contributed by atoms with E-state index in [1.54, 1.807) is 30.0 Å². The molecular weight excluding hydrogens is 256 g/mol. The maximum atomic E-state index is 12.6. The van der Waals surface area contributed by atoms with E-state index in [9.17, 15) is 9.59 Å². The minimum Gasteiger partial charge on any atom is -0.465 e. The maximum Gasteiger partial charge on any atom is 0.325 e. The standard InChI is InChI=1S/C15H20N2O3/c1-3-20-14(18)9-17(11-7-8-11)15(19)12-5-4-6-13(16)10(12)2/h4-6,11H,3,7-9,16H2,1-2H3. The summed E-state index contributed by atoms with van der Waals surface area (Å²) in [4.78, 5) is 25.8. The molecule has 1 aromatic carbocycles. The minimum absolute atomic E-state index is 0.00553. The van der Waals surface area contributed by atoms with E-state index in [2.05, 4.69) is 0 Å². The van der Waals surface area contributed by atoms with Gasteiger partial charge in [0.05, 0.1) is 6.61 Å². The third-order valence-electron chi connectivity index (χ3n) is 3.46. The molecule has 5 nitrogen and oxygen atoms in total. The topological polar surface area (TPSA) is 72.6 Å². The zero-order chi connectivity index (χ0) is 14.7. The molecule has 1 aromatic rings. The molecule has 1 aliphatic rings. The van der Waals surface area contributed by atoms with Gasteiger partial charge >= 0.3 is 5.97 Å². The van der Waals surface area contributed by atoms with E-state index in [4.69, 9.17) is 10.5 Å². The first-order chi connectivity index (χ1) is 9.54. The van der Waals surface area contributed by atoms with Crippen molar-refractivity contribution in [2.75, 3.05) is 18.9 Å². The molecule has 0 heterocycles. The zero-order valence-corrected chi connectivity index (χ0v) is 11.9. The predicted molar refractivity (Wildman–Crippen MR) is 76.3 cm³/mol. The van der Waals surface area contributed by atoms with E-state index in [-0.39, 0.29) is 24.5 Å². The van der Waals surface area contributed by atoms with Crippen LogP contribution in [0.2, 0.25) is 0 Å². The Morgan fingerprint density at radius 3 is 2.70 bits per heavy atom. The van der Waals surface area contributed by atoms with Gasteiger partial charge < -0.3 is 15.4 Å². The number of esters is 1. The number of carbonyl (C=O) groups excluding carboxylic acids is 2. The highest BCUT2D eigenvalue weighted by molar-refractivity contribution is 5.98. The highest BCUT2D eigenvalue weighted by atomic mass is 16.5. The van der Waals surface area contributed by atoms with E-state index in [0.29, 0.717) is 17.9 Å². The molecule has 1 amide bonds. The molecule has 0 aliphatic heterocycles. The van der Waals surface area contributed by atoms with Crippen LogP contribution in [0.4, 0.5) is 5.69 Å². The number of benzene rings is 1. The van der Waals surface area contributed by atoms with E-state index in [0.717, 1.165) is 18.4 Å². The number of nitrogen functional groups attached to an aromatic ring is 1. The van der Waals surface area contributed by atoms with Gasteiger partial charge in [0.15, 0.2) is 0 Å². The Morgan fingerprint density at radius 2 is 2.10 bits per heavy atom. The summed E-state index contributed by atoms with van der Waals surface area (Å²) in [5.41, 5.74) is 7.74. The Bertz CT molecular complexity index is 524. The Balaban J connectivity index is 2.19. The lowest BCUT2D eigenvalue weighted by molar-refractivity contribution is -0.144. The number of nitrogens with zero attached hydrogens (tertiary/aromatic N) is 1. The smallest absolute Gasteiger partial charge is 0.325 e. The molecule has 0 saturated heterocycles. The van der Waals surface area contributed by atoms with Gasteiger partial charge in [-0.3, -0.25) is 9.59 Å². The second-order valence-corrected chi connectivity index (χ2v) is 4.99. The van der Waals surface area contributed by atoms with Gasteiger partial charge in [0.1, 0.15) is 6.54 Å². The van der Waals surface area contributed by atoms with Crippen molar-refractivity contribution in [1.82, 2.24) is 4.90 Å². The van der Waals surface area contributed by atoms with Gasteiger partial charge in [-0.2, -0.15) is 0 Å². The summed E-state index contributed by atoms with van der Waals surface area (Å²) in [5.74, 6) is -0.514. The second-order valence-electron chi connectivity index (χ2n) is 4.99. The summed E-state index contributed by atoms with van der Waals surface area (Å²) in [7, 11) is 0. The second kappa shape index (κ2) is 5.94. The molecule has 0 unspecified atom stereocenters. The van der Waals surface area contributed by atoms with Crippen molar-refractivity contribution in [1.29, 1.82) is 0 Å². The molecule has 0 bridgehead atoms. The normalized spacial score (nSPS) is 13.9. The monoisotopic (exact) mass is 276 g/mol. The Kier molecular flexibility index (Phi) is 4.27. The number of rotatable bonds is 5. The first-order valence-corrected chi connectivity index (χ1v) is 6.86. The van der Waals surface area contributed by atoms with Crippen molar-refractivity contribution in [2.24, 2.45) is 0 Å². The van der Waals surface area contributed by atoms with Crippen LogP contribution in [0.3, 0.4) is 0 Å². The Labute approximate surface area is 118 Å². The van der Waals surface area contributed by atoms with E-state index in [1.807, 2.05) is 6.92 Å². The molecule has 5 heteroatoms. The molecule has 0 radical (unpaired) electrons.